The second kappa shape index (κ2) is 15.3. The minimum absolute atomic E-state index is 0.0642. The third-order valence-corrected chi connectivity index (χ3v) is 9.38. The predicted molar refractivity (Wildman–Crippen MR) is 214 cm³/mol. The van der Waals surface area contributed by atoms with E-state index in [0.717, 1.165) is 21.9 Å². The van der Waals surface area contributed by atoms with Gasteiger partial charge in [0.15, 0.2) is 10.2 Å². The Labute approximate surface area is 324 Å². The number of aromatic carboxylic acids is 2. The number of aryl methyl sites for hydroxylation is 2. The molecule has 16 heteroatoms. The third kappa shape index (κ3) is 7.53. The van der Waals surface area contributed by atoms with Crippen molar-refractivity contribution in [3.05, 3.63) is 135 Å². The van der Waals surface area contributed by atoms with Gasteiger partial charge in [0.1, 0.15) is 11.4 Å². The summed E-state index contributed by atoms with van der Waals surface area (Å²) in [6, 6.07) is 20.0. The molecule has 0 aliphatic carbocycles. The van der Waals surface area contributed by atoms with Crippen LogP contribution in [0.25, 0.3) is 17.5 Å². The minimum atomic E-state index is -1.21. The quantitative estimate of drug-likeness (QED) is 0.0383. The normalized spacial score (nSPS) is 13.7. The van der Waals surface area contributed by atoms with Crippen molar-refractivity contribution in [1.82, 2.24) is 19.9 Å². The summed E-state index contributed by atoms with van der Waals surface area (Å²) in [5.74, 6) is -4.17. The van der Waals surface area contributed by atoms with Gasteiger partial charge in [-0.25, -0.2) is 14.0 Å². The molecule has 1 fully saturated rings. The number of amides is 2. The second-order valence-corrected chi connectivity index (χ2v) is 13.2. The molecule has 3 aromatic carbocycles. The smallest absolute Gasteiger partial charge is 0.337 e. The molecule has 0 spiro atoms. The molecule has 0 bridgehead atoms. The van der Waals surface area contributed by atoms with Crippen molar-refractivity contribution in [2.45, 2.75) is 27.7 Å². The van der Waals surface area contributed by atoms with Crippen LogP contribution in [-0.4, -0.2) is 59.5 Å². The molecule has 55 heavy (non-hydrogen) atoms. The highest BCUT2D eigenvalue weighted by molar-refractivity contribution is 7.80. The van der Waals surface area contributed by atoms with Gasteiger partial charge in [-0.05, 0) is 131 Å². The number of hydrogen-bond donors (Lipinski definition) is 5. The molecule has 0 unspecified atom stereocenters. The fraction of sp³-hybridized carbons (Fsp3) is 0.103. The number of carboxylic acids is 2. The van der Waals surface area contributed by atoms with Crippen LogP contribution < -0.4 is 21.0 Å². The summed E-state index contributed by atoms with van der Waals surface area (Å²) in [7, 11) is 0. The summed E-state index contributed by atoms with van der Waals surface area (Å²) in [5.41, 5.74) is 8.03. The molecule has 6 rings (SSSR count). The lowest BCUT2D eigenvalue weighted by atomic mass is 10.1. The molecule has 2 amide bonds. The van der Waals surface area contributed by atoms with Crippen LogP contribution in [0.1, 0.15) is 54.6 Å². The number of nitrogens with zero attached hydrogens (tertiary/aromatic N) is 4. The number of rotatable bonds is 9. The maximum atomic E-state index is 13.6. The number of hydrogen-bond acceptors (Lipinski definition) is 7. The van der Waals surface area contributed by atoms with Gasteiger partial charge in [0.25, 0.3) is 11.8 Å². The maximum Gasteiger partial charge on any atom is 0.337 e. The van der Waals surface area contributed by atoms with E-state index in [1.807, 2.05) is 24.5 Å². The van der Waals surface area contributed by atoms with E-state index in [4.69, 9.17) is 24.4 Å². The molecule has 13 nitrogen and oxygen atoms in total. The van der Waals surface area contributed by atoms with Gasteiger partial charge in [0, 0.05) is 34.0 Å². The van der Waals surface area contributed by atoms with Crippen LogP contribution in [0, 0.1) is 33.5 Å². The monoisotopic (exact) mass is 777 g/mol. The van der Waals surface area contributed by atoms with Gasteiger partial charge in [-0.1, -0.05) is 12.1 Å². The van der Waals surface area contributed by atoms with Crippen molar-refractivity contribution in [3.8, 4) is 11.4 Å². The van der Waals surface area contributed by atoms with Gasteiger partial charge in [0.2, 0.25) is 0 Å². The van der Waals surface area contributed by atoms with E-state index in [-0.39, 0.29) is 32.6 Å². The standard InChI is InChI=1S/C39H32FN7O6S2/c1-20-15-24(17-31-34(48)43-39(55)47(35(31)49)28-12-9-26(40)10-13-28)22(3)45(20)33-14-11-27(18-30(33)37(52)53)42-38(54)44-41-19-25-16-21(2)46(23(25)4)32-8-6-5-7-29(32)36(50)51/h5-19H,1-4H3,(H,50,51)(H,52,53)(H2,42,44,54)(H,43,48,55)/b31-17+,41-19+. The Morgan fingerprint density at radius 1 is 0.818 bits per heavy atom. The van der Waals surface area contributed by atoms with Crippen molar-refractivity contribution in [1.29, 1.82) is 0 Å². The number of nitrogens with one attached hydrogen (secondary N) is 3. The number of carbonyl (C=O) groups excluding carboxylic acids is 2. The first-order valence-corrected chi connectivity index (χ1v) is 17.3. The van der Waals surface area contributed by atoms with Gasteiger partial charge in [-0.15, -0.1) is 0 Å². The van der Waals surface area contributed by atoms with Crippen molar-refractivity contribution >= 4 is 82.1 Å². The van der Waals surface area contributed by atoms with E-state index in [0.29, 0.717) is 34.0 Å². The molecule has 1 aliphatic rings. The molecular weight excluding hydrogens is 746 g/mol. The van der Waals surface area contributed by atoms with Gasteiger partial charge in [0.05, 0.1) is 34.4 Å². The zero-order valence-electron chi connectivity index (χ0n) is 29.7. The Morgan fingerprint density at radius 3 is 2.07 bits per heavy atom. The van der Waals surface area contributed by atoms with Crippen LogP contribution in [0.15, 0.2) is 89.5 Å². The van der Waals surface area contributed by atoms with Crippen LogP contribution in [-0.2, 0) is 9.59 Å². The summed E-state index contributed by atoms with van der Waals surface area (Å²) in [4.78, 5) is 51.9. The van der Waals surface area contributed by atoms with Crippen LogP contribution in [0.3, 0.4) is 0 Å². The summed E-state index contributed by atoms with van der Waals surface area (Å²) >= 11 is 10.6. The number of thiocarbonyl (C=S) groups is 2. The van der Waals surface area contributed by atoms with Crippen LogP contribution in [0.2, 0.25) is 0 Å². The summed E-state index contributed by atoms with van der Waals surface area (Å²) in [6.07, 6.45) is 2.95. The SMILES string of the molecule is Cc1cc(/C=N/NC(=S)Nc2ccc(-n3c(C)cc(/C=C4\C(=O)NC(=S)N(c5ccc(F)cc5)C4=O)c3C)c(C(=O)O)c2)c(C)n1-c1ccccc1C(=O)O. The molecule has 5 aromatic rings. The lowest BCUT2D eigenvalue weighted by Crippen LogP contribution is -2.54. The van der Waals surface area contributed by atoms with E-state index in [1.54, 1.807) is 67.1 Å². The van der Waals surface area contributed by atoms with Crippen LogP contribution in [0.4, 0.5) is 15.8 Å². The fourth-order valence-electron chi connectivity index (χ4n) is 6.38. The first-order chi connectivity index (χ1) is 26.2. The molecule has 0 atom stereocenters. The molecule has 5 N–H and O–H groups in total. The van der Waals surface area contributed by atoms with E-state index in [9.17, 15) is 33.8 Å². The summed E-state index contributed by atoms with van der Waals surface area (Å²) < 4.78 is 17.1. The number of para-hydroxylation sites is 1. The molecule has 0 saturated carbocycles. The number of halogens is 1. The van der Waals surface area contributed by atoms with E-state index < -0.39 is 29.6 Å². The Morgan fingerprint density at radius 2 is 1.42 bits per heavy atom. The molecule has 3 heterocycles. The van der Waals surface area contributed by atoms with Crippen molar-refractivity contribution in [2.75, 3.05) is 10.2 Å². The molecule has 2 aromatic heterocycles. The highest BCUT2D eigenvalue weighted by Crippen LogP contribution is 2.29. The average Bonchev–Trinajstić information content (AvgIpc) is 3.58. The maximum absolute atomic E-state index is 13.6. The number of benzene rings is 3. The van der Waals surface area contributed by atoms with Crippen molar-refractivity contribution in [3.63, 3.8) is 0 Å². The molecule has 278 valence electrons. The summed E-state index contributed by atoms with van der Waals surface area (Å²) in [5, 5.41) is 29.5. The number of carbonyl (C=O) groups is 4. The lowest BCUT2D eigenvalue weighted by Gasteiger charge is -2.28. The first kappa shape index (κ1) is 38.0. The lowest BCUT2D eigenvalue weighted by molar-refractivity contribution is -0.122. The van der Waals surface area contributed by atoms with E-state index in [2.05, 4.69) is 21.2 Å². The van der Waals surface area contributed by atoms with Crippen LogP contribution in [0.5, 0.6) is 0 Å². The van der Waals surface area contributed by atoms with Crippen molar-refractivity contribution in [2.24, 2.45) is 5.10 Å². The Balaban J connectivity index is 1.21. The number of hydrazone groups is 1. The highest BCUT2D eigenvalue weighted by atomic mass is 32.1. The zero-order valence-corrected chi connectivity index (χ0v) is 31.3. The number of anilines is 2. The minimum Gasteiger partial charge on any atom is -0.478 e. The highest BCUT2D eigenvalue weighted by Gasteiger charge is 2.35. The first-order valence-electron chi connectivity index (χ1n) is 16.5. The predicted octanol–water partition coefficient (Wildman–Crippen LogP) is 6.19. The van der Waals surface area contributed by atoms with Gasteiger partial charge in [-0.3, -0.25) is 25.2 Å². The van der Waals surface area contributed by atoms with E-state index in [1.165, 1.54) is 36.4 Å². The Hall–Kier alpha value is -6.78. The fourth-order valence-corrected chi connectivity index (χ4v) is 6.83. The number of carboxylic acid groups (broad SMARTS) is 2. The van der Waals surface area contributed by atoms with Gasteiger partial charge in [-0.2, -0.15) is 5.10 Å². The zero-order chi connectivity index (χ0) is 39.7. The Kier molecular flexibility index (Phi) is 10.6. The van der Waals surface area contributed by atoms with Crippen LogP contribution >= 0.6 is 24.4 Å². The average molecular weight is 778 g/mol. The van der Waals surface area contributed by atoms with Crippen molar-refractivity contribution < 1.29 is 33.8 Å². The largest absolute Gasteiger partial charge is 0.478 e. The van der Waals surface area contributed by atoms with Gasteiger partial charge < -0.3 is 24.7 Å². The van der Waals surface area contributed by atoms with E-state index >= 15 is 0 Å². The second-order valence-electron chi connectivity index (χ2n) is 12.4. The molecule has 0 radical (unpaired) electrons. The topological polar surface area (TPSA) is 170 Å². The number of aromatic nitrogens is 2. The summed E-state index contributed by atoms with van der Waals surface area (Å²) in [6.45, 7) is 7.19. The molecular formula is C39H32FN7O6S2. The van der Waals surface area contributed by atoms with Gasteiger partial charge >= 0.3 is 11.9 Å². The molecule has 1 aliphatic heterocycles. The third-order valence-electron chi connectivity index (χ3n) is 8.90. The Bertz CT molecular complexity index is 2520. The molecule has 1 saturated heterocycles.